The fourth-order valence-corrected chi connectivity index (χ4v) is 1.76. The van der Waals surface area contributed by atoms with Crippen LogP contribution in [0.3, 0.4) is 0 Å². The molecule has 0 amide bonds. The summed E-state index contributed by atoms with van der Waals surface area (Å²) in [7, 11) is 0. The summed E-state index contributed by atoms with van der Waals surface area (Å²) in [6, 6.07) is 4.79. The van der Waals surface area contributed by atoms with Crippen LogP contribution in [-0.4, -0.2) is 11.7 Å². The highest BCUT2D eigenvalue weighted by molar-refractivity contribution is 5.85. The lowest BCUT2D eigenvalue weighted by Crippen LogP contribution is -2.13. The molecule has 2 rings (SSSR count). The molecule has 1 fully saturated rings. The number of halogens is 2. The van der Waals surface area contributed by atoms with Gasteiger partial charge >= 0.3 is 0 Å². The summed E-state index contributed by atoms with van der Waals surface area (Å²) >= 11 is 0. The van der Waals surface area contributed by atoms with Gasteiger partial charge in [0.05, 0.1) is 0 Å². The zero-order chi connectivity index (χ0) is 9.26. The second-order valence-corrected chi connectivity index (χ2v) is 3.33. The Morgan fingerprint density at radius 3 is 2.86 bits per heavy atom. The number of rotatable bonds is 1. The molecule has 1 aliphatic rings. The number of nitrogens with one attached hydrogen (secondary N) is 1. The molecule has 1 aromatic rings. The van der Waals surface area contributed by atoms with Crippen molar-refractivity contribution in [2.75, 3.05) is 6.54 Å². The number of hydrogen-bond donors (Lipinski definition) is 2. The molecule has 1 aliphatic heterocycles. The van der Waals surface area contributed by atoms with Gasteiger partial charge in [-0.15, -0.1) is 12.4 Å². The molecule has 4 heteroatoms. The fourth-order valence-electron chi connectivity index (χ4n) is 1.76. The van der Waals surface area contributed by atoms with Gasteiger partial charge in [-0.25, -0.2) is 4.39 Å². The lowest BCUT2D eigenvalue weighted by molar-refractivity contribution is 0.417. The van der Waals surface area contributed by atoms with E-state index >= 15 is 0 Å². The fraction of sp³-hybridized carbons (Fsp3) is 0.400. The summed E-state index contributed by atoms with van der Waals surface area (Å²) in [4.78, 5) is 0. The van der Waals surface area contributed by atoms with Gasteiger partial charge in [-0.2, -0.15) is 0 Å². The van der Waals surface area contributed by atoms with Crippen molar-refractivity contribution >= 4 is 12.4 Å². The Balaban J connectivity index is 0.000000980. The van der Waals surface area contributed by atoms with E-state index in [0.717, 1.165) is 19.4 Å². The van der Waals surface area contributed by atoms with Crippen LogP contribution in [0.1, 0.15) is 24.4 Å². The van der Waals surface area contributed by atoms with Gasteiger partial charge in [-0.3, -0.25) is 0 Å². The molecule has 2 nitrogen and oxygen atoms in total. The first-order chi connectivity index (χ1) is 6.29. The van der Waals surface area contributed by atoms with Crippen molar-refractivity contribution in [3.05, 3.63) is 29.6 Å². The summed E-state index contributed by atoms with van der Waals surface area (Å²) < 4.78 is 13.0. The summed E-state index contributed by atoms with van der Waals surface area (Å²) in [5, 5.41) is 12.7. The largest absolute Gasteiger partial charge is 0.505 e. The maximum Gasteiger partial charge on any atom is 0.165 e. The molecule has 0 spiro atoms. The summed E-state index contributed by atoms with van der Waals surface area (Å²) in [6.07, 6.45) is 2.05. The first kappa shape index (κ1) is 11.3. The second kappa shape index (κ2) is 4.62. The SMILES string of the molecule is Cl.Oc1c(F)cccc1[C@@H]1CCCN1. The van der Waals surface area contributed by atoms with Crippen LogP contribution in [0.5, 0.6) is 5.75 Å². The number of phenols is 1. The first-order valence-corrected chi connectivity index (χ1v) is 4.50. The average Bonchev–Trinajstić information content (AvgIpc) is 2.62. The molecule has 1 atom stereocenters. The third-order valence-corrected chi connectivity index (χ3v) is 2.45. The van der Waals surface area contributed by atoms with Crippen molar-refractivity contribution in [3.8, 4) is 5.75 Å². The van der Waals surface area contributed by atoms with Crippen molar-refractivity contribution in [2.24, 2.45) is 0 Å². The van der Waals surface area contributed by atoms with E-state index in [2.05, 4.69) is 5.32 Å². The van der Waals surface area contributed by atoms with E-state index in [1.54, 1.807) is 12.1 Å². The molecular weight excluding hydrogens is 205 g/mol. The van der Waals surface area contributed by atoms with Crippen molar-refractivity contribution < 1.29 is 9.50 Å². The minimum atomic E-state index is -0.536. The Hall–Kier alpha value is -0.800. The van der Waals surface area contributed by atoms with Crippen LogP contribution in [0, 0.1) is 5.82 Å². The predicted octanol–water partition coefficient (Wildman–Crippen LogP) is 2.38. The normalized spacial score (nSPS) is 20.5. The Morgan fingerprint density at radius 2 is 2.21 bits per heavy atom. The zero-order valence-electron chi connectivity index (χ0n) is 7.66. The van der Waals surface area contributed by atoms with Crippen molar-refractivity contribution in [2.45, 2.75) is 18.9 Å². The standard InChI is InChI=1S/C10H12FNO.ClH/c11-8-4-1-3-7(10(8)13)9-5-2-6-12-9;/h1,3-4,9,12-13H,2,5-6H2;1H/t9-;/m0./s1. The quantitative estimate of drug-likeness (QED) is 0.757. The minimum absolute atomic E-state index is 0. The number of phenolic OH excluding ortho intramolecular Hbond substituents is 1. The van der Waals surface area contributed by atoms with Crippen LogP contribution in [0.4, 0.5) is 4.39 Å². The molecule has 1 heterocycles. The van der Waals surface area contributed by atoms with Crippen LogP contribution in [-0.2, 0) is 0 Å². The average molecular weight is 218 g/mol. The maximum absolute atomic E-state index is 13.0. The minimum Gasteiger partial charge on any atom is -0.505 e. The molecule has 1 saturated heterocycles. The van der Waals surface area contributed by atoms with Crippen LogP contribution in [0.15, 0.2) is 18.2 Å². The van der Waals surface area contributed by atoms with Gasteiger partial charge in [-0.1, -0.05) is 12.1 Å². The molecule has 0 bridgehead atoms. The molecule has 14 heavy (non-hydrogen) atoms. The maximum atomic E-state index is 13.0. The van der Waals surface area contributed by atoms with Crippen LogP contribution >= 0.6 is 12.4 Å². The summed E-state index contributed by atoms with van der Waals surface area (Å²) in [5.41, 5.74) is 0.678. The molecule has 0 aromatic heterocycles. The van der Waals surface area contributed by atoms with E-state index in [-0.39, 0.29) is 24.2 Å². The molecular formula is C10H13ClFNO. The zero-order valence-corrected chi connectivity index (χ0v) is 8.48. The number of hydrogen-bond acceptors (Lipinski definition) is 2. The monoisotopic (exact) mass is 217 g/mol. The second-order valence-electron chi connectivity index (χ2n) is 3.33. The highest BCUT2D eigenvalue weighted by Crippen LogP contribution is 2.31. The summed E-state index contributed by atoms with van der Waals surface area (Å²) in [5.74, 6) is -0.742. The lowest BCUT2D eigenvalue weighted by atomic mass is 10.0. The van der Waals surface area contributed by atoms with Gasteiger partial charge in [0.1, 0.15) is 0 Å². The van der Waals surface area contributed by atoms with E-state index < -0.39 is 5.82 Å². The van der Waals surface area contributed by atoms with Gasteiger partial charge in [0.25, 0.3) is 0 Å². The molecule has 0 aliphatic carbocycles. The van der Waals surface area contributed by atoms with Gasteiger partial charge in [0.15, 0.2) is 11.6 Å². The molecule has 1 aromatic carbocycles. The third-order valence-electron chi connectivity index (χ3n) is 2.45. The summed E-state index contributed by atoms with van der Waals surface area (Å²) in [6.45, 7) is 0.945. The highest BCUT2D eigenvalue weighted by Gasteiger charge is 2.20. The Labute approximate surface area is 88.5 Å². The van der Waals surface area contributed by atoms with Crippen molar-refractivity contribution in [3.63, 3.8) is 0 Å². The molecule has 0 unspecified atom stereocenters. The Morgan fingerprint density at radius 1 is 1.43 bits per heavy atom. The third kappa shape index (κ3) is 1.99. The highest BCUT2D eigenvalue weighted by atomic mass is 35.5. The van der Waals surface area contributed by atoms with E-state index in [0.29, 0.717) is 5.56 Å². The molecule has 0 saturated carbocycles. The van der Waals surface area contributed by atoms with Crippen molar-refractivity contribution in [1.82, 2.24) is 5.32 Å². The lowest BCUT2D eigenvalue weighted by Gasteiger charge is -2.12. The van der Waals surface area contributed by atoms with Crippen LogP contribution in [0.25, 0.3) is 0 Å². The van der Waals surface area contributed by atoms with E-state index in [1.165, 1.54) is 6.07 Å². The number of para-hydroxylation sites is 1. The first-order valence-electron chi connectivity index (χ1n) is 4.50. The van der Waals surface area contributed by atoms with Crippen LogP contribution in [0.2, 0.25) is 0 Å². The molecule has 0 radical (unpaired) electrons. The van der Waals surface area contributed by atoms with E-state index in [1.807, 2.05) is 0 Å². The predicted molar refractivity (Wildman–Crippen MR) is 55.3 cm³/mol. The number of aromatic hydroxyl groups is 1. The van der Waals surface area contributed by atoms with Crippen LogP contribution < -0.4 is 5.32 Å². The van der Waals surface area contributed by atoms with E-state index in [4.69, 9.17) is 0 Å². The van der Waals surface area contributed by atoms with Gasteiger partial charge in [0, 0.05) is 11.6 Å². The molecule has 2 N–H and O–H groups in total. The number of benzene rings is 1. The topological polar surface area (TPSA) is 32.3 Å². The smallest absolute Gasteiger partial charge is 0.165 e. The van der Waals surface area contributed by atoms with E-state index in [9.17, 15) is 9.50 Å². The Bertz CT molecular complexity index is 313. The van der Waals surface area contributed by atoms with Gasteiger partial charge in [-0.05, 0) is 25.5 Å². The van der Waals surface area contributed by atoms with Gasteiger partial charge < -0.3 is 10.4 Å². The van der Waals surface area contributed by atoms with Crippen molar-refractivity contribution in [1.29, 1.82) is 0 Å². The molecule has 78 valence electrons. The van der Waals surface area contributed by atoms with Gasteiger partial charge in [0.2, 0.25) is 0 Å². The Kier molecular flexibility index (Phi) is 3.72.